The minimum atomic E-state index is -0.290. The summed E-state index contributed by atoms with van der Waals surface area (Å²) in [5.74, 6) is 0.256. The second-order valence-electron chi connectivity index (χ2n) is 3.62. The van der Waals surface area contributed by atoms with Gasteiger partial charge in [0.15, 0.2) is 0 Å². The van der Waals surface area contributed by atoms with Gasteiger partial charge in [0.05, 0.1) is 18.8 Å². The number of ether oxygens (including phenoxy) is 1. The molecule has 1 heterocycles. The van der Waals surface area contributed by atoms with Crippen molar-refractivity contribution in [1.82, 2.24) is 0 Å². The van der Waals surface area contributed by atoms with Gasteiger partial charge in [-0.2, -0.15) is 0 Å². The molecule has 0 aliphatic heterocycles. The number of benzene rings is 1. The summed E-state index contributed by atoms with van der Waals surface area (Å²) in [6, 6.07) is 6.53. The standard InChI is InChI=1S/C13H13BrFNOS/c1-2-17-12-7-9(15)3-4-11(12)16-8-13-10(14)5-6-18-13/h3-7,16H,2,8H2,1H3. The van der Waals surface area contributed by atoms with Crippen molar-refractivity contribution in [2.24, 2.45) is 0 Å². The number of nitrogens with one attached hydrogen (secondary N) is 1. The number of hydrogen-bond donors (Lipinski definition) is 1. The van der Waals surface area contributed by atoms with E-state index in [1.165, 1.54) is 17.0 Å². The summed E-state index contributed by atoms with van der Waals surface area (Å²) in [6.45, 7) is 3.08. The monoisotopic (exact) mass is 329 g/mol. The Labute approximate surface area is 118 Å². The summed E-state index contributed by atoms with van der Waals surface area (Å²) in [5.41, 5.74) is 0.804. The van der Waals surface area contributed by atoms with Crippen LogP contribution in [0.4, 0.5) is 10.1 Å². The Hall–Kier alpha value is -1.07. The molecule has 1 aromatic heterocycles. The number of hydrogen-bond acceptors (Lipinski definition) is 3. The summed E-state index contributed by atoms with van der Waals surface area (Å²) in [5, 5.41) is 5.28. The molecule has 18 heavy (non-hydrogen) atoms. The quantitative estimate of drug-likeness (QED) is 0.861. The second-order valence-corrected chi connectivity index (χ2v) is 5.47. The highest BCUT2D eigenvalue weighted by Gasteiger charge is 2.06. The zero-order chi connectivity index (χ0) is 13.0. The van der Waals surface area contributed by atoms with Gasteiger partial charge in [-0.15, -0.1) is 11.3 Å². The van der Waals surface area contributed by atoms with Gasteiger partial charge in [-0.1, -0.05) is 0 Å². The van der Waals surface area contributed by atoms with Gasteiger partial charge in [0.2, 0.25) is 0 Å². The molecule has 1 aromatic carbocycles. The molecule has 0 amide bonds. The van der Waals surface area contributed by atoms with Crippen molar-refractivity contribution >= 4 is 33.0 Å². The van der Waals surface area contributed by atoms with Gasteiger partial charge < -0.3 is 10.1 Å². The van der Waals surface area contributed by atoms with Crippen molar-refractivity contribution in [3.05, 3.63) is 44.8 Å². The van der Waals surface area contributed by atoms with Crippen LogP contribution in [0, 0.1) is 5.82 Å². The molecule has 0 radical (unpaired) electrons. The van der Waals surface area contributed by atoms with Crippen molar-refractivity contribution in [2.75, 3.05) is 11.9 Å². The molecule has 0 aliphatic carbocycles. The molecule has 0 bridgehead atoms. The van der Waals surface area contributed by atoms with Gasteiger partial charge in [0, 0.05) is 15.4 Å². The number of anilines is 1. The fraction of sp³-hybridized carbons (Fsp3) is 0.231. The Kier molecular flexibility index (Phi) is 4.60. The Bertz CT molecular complexity index is 529. The van der Waals surface area contributed by atoms with Gasteiger partial charge in [-0.05, 0) is 46.4 Å². The summed E-state index contributed by atoms with van der Waals surface area (Å²) in [6.07, 6.45) is 0. The molecule has 0 spiro atoms. The molecule has 0 aliphatic rings. The average Bonchev–Trinajstić information content (AvgIpc) is 2.74. The maximum atomic E-state index is 13.1. The van der Waals surface area contributed by atoms with Crippen LogP contribution in [-0.4, -0.2) is 6.61 Å². The Balaban J connectivity index is 2.11. The topological polar surface area (TPSA) is 21.3 Å². The lowest BCUT2D eigenvalue weighted by atomic mass is 10.2. The van der Waals surface area contributed by atoms with E-state index in [1.807, 2.05) is 18.4 Å². The second kappa shape index (κ2) is 6.20. The van der Waals surface area contributed by atoms with Crippen LogP contribution in [0.5, 0.6) is 5.75 Å². The molecule has 2 nitrogen and oxygen atoms in total. The van der Waals surface area contributed by atoms with Crippen LogP contribution in [0.1, 0.15) is 11.8 Å². The van der Waals surface area contributed by atoms with E-state index in [-0.39, 0.29) is 5.82 Å². The van der Waals surface area contributed by atoms with Crippen molar-refractivity contribution < 1.29 is 9.13 Å². The van der Waals surface area contributed by atoms with E-state index in [2.05, 4.69) is 21.2 Å². The van der Waals surface area contributed by atoms with E-state index in [1.54, 1.807) is 17.4 Å². The summed E-state index contributed by atoms with van der Waals surface area (Å²) >= 11 is 5.15. The molecular formula is C13H13BrFNOS. The van der Waals surface area contributed by atoms with Gasteiger partial charge in [0.25, 0.3) is 0 Å². The number of thiophene rings is 1. The Morgan fingerprint density at radius 2 is 2.22 bits per heavy atom. The predicted octanol–water partition coefficient (Wildman–Crippen LogP) is 4.66. The lowest BCUT2D eigenvalue weighted by Gasteiger charge is -2.12. The van der Waals surface area contributed by atoms with E-state index in [4.69, 9.17) is 4.74 Å². The van der Waals surface area contributed by atoms with E-state index in [0.717, 1.165) is 10.2 Å². The fourth-order valence-electron chi connectivity index (χ4n) is 1.54. The number of rotatable bonds is 5. The SMILES string of the molecule is CCOc1cc(F)ccc1NCc1sccc1Br. The lowest BCUT2D eigenvalue weighted by Crippen LogP contribution is -2.02. The third kappa shape index (κ3) is 3.23. The molecular weight excluding hydrogens is 317 g/mol. The van der Waals surface area contributed by atoms with Crippen LogP contribution in [0.2, 0.25) is 0 Å². The maximum Gasteiger partial charge on any atom is 0.145 e. The molecule has 96 valence electrons. The molecule has 0 saturated heterocycles. The first-order valence-corrected chi connectivity index (χ1v) is 7.26. The first kappa shape index (κ1) is 13.4. The summed E-state index contributed by atoms with van der Waals surface area (Å²) in [7, 11) is 0. The first-order chi connectivity index (χ1) is 8.70. The Morgan fingerprint density at radius 3 is 2.89 bits per heavy atom. The van der Waals surface area contributed by atoms with Crippen molar-refractivity contribution in [3.63, 3.8) is 0 Å². The smallest absolute Gasteiger partial charge is 0.145 e. The molecule has 1 N–H and O–H groups in total. The third-order valence-electron chi connectivity index (χ3n) is 2.37. The third-order valence-corrected chi connectivity index (χ3v) is 4.30. The van der Waals surface area contributed by atoms with Gasteiger partial charge in [-0.25, -0.2) is 4.39 Å². The molecule has 0 atom stereocenters. The molecule has 2 aromatic rings. The van der Waals surface area contributed by atoms with Crippen LogP contribution in [0.3, 0.4) is 0 Å². The van der Waals surface area contributed by atoms with E-state index >= 15 is 0 Å². The Morgan fingerprint density at radius 1 is 1.39 bits per heavy atom. The van der Waals surface area contributed by atoms with Crippen LogP contribution < -0.4 is 10.1 Å². The minimum Gasteiger partial charge on any atom is -0.492 e. The summed E-state index contributed by atoms with van der Waals surface area (Å²) < 4.78 is 19.6. The first-order valence-electron chi connectivity index (χ1n) is 5.58. The van der Waals surface area contributed by atoms with Crippen LogP contribution in [0.25, 0.3) is 0 Å². The van der Waals surface area contributed by atoms with Crippen LogP contribution in [-0.2, 0) is 6.54 Å². The van der Waals surface area contributed by atoms with E-state index in [9.17, 15) is 4.39 Å². The highest BCUT2D eigenvalue weighted by atomic mass is 79.9. The number of halogens is 2. The van der Waals surface area contributed by atoms with Crippen LogP contribution in [0.15, 0.2) is 34.1 Å². The van der Waals surface area contributed by atoms with Crippen molar-refractivity contribution in [2.45, 2.75) is 13.5 Å². The summed E-state index contributed by atoms with van der Waals surface area (Å²) in [4.78, 5) is 1.20. The largest absolute Gasteiger partial charge is 0.492 e. The zero-order valence-corrected chi connectivity index (χ0v) is 12.3. The molecule has 5 heteroatoms. The average molecular weight is 330 g/mol. The predicted molar refractivity (Wildman–Crippen MR) is 76.9 cm³/mol. The maximum absolute atomic E-state index is 13.1. The molecule has 2 rings (SSSR count). The fourth-order valence-corrected chi connectivity index (χ4v) is 2.98. The normalized spacial score (nSPS) is 10.4. The van der Waals surface area contributed by atoms with Crippen molar-refractivity contribution in [1.29, 1.82) is 0 Å². The van der Waals surface area contributed by atoms with Crippen molar-refractivity contribution in [3.8, 4) is 5.75 Å². The molecule has 0 unspecified atom stereocenters. The molecule has 0 saturated carbocycles. The van der Waals surface area contributed by atoms with Gasteiger partial charge >= 0.3 is 0 Å². The highest BCUT2D eigenvalue weighted by Crippen LogP contribution is 2.28. The zero-order valence-electron chi connectivity index (χ0n) is 9.87. The van der Waals surface area contributed by atoms with Crippen LogP contribution >= 0.6 is 27.3 Å². The lowest BCUT2D eigenvalue weighted by molar-refractivity contribution is 0.340. The highest BCUT2D eigenvalue weighted by molar-refractivity contribution is 9.10. The van der Waals surface area contributed by atoms with E-state index < -0.39 is 0 Å². The van der Waals surface area contributed by atoms with E-state index in [0.29, 0.717) is 18.9 Å². The minimum absolute atomic E-state index is 0.290. The van der Waals surface area contributed by atoms with Gasteiger partial charge in [-0.3, -0.25) is 0 Å². The van der Waals surface area contributed by atoms with Gasteiger partial charge in [0.1, 0.15) is 11.6 Å². The molecule has 0 fully saturated rings.